The molecule has 66 heavy (non-hydrogen) atoms. The first-order chi connectivity index (χ1) is 31.7. The van der Waals surface area contributed by atoms with Gasteiger partial charge in [0.15, 0.2) is 23.0 Å². The smallest absolute Gasteiger partial charge is 0.304 e. The number of dihydropyridines is 1. The zero-order valence-electron chi connectivity index (χ0n) is 39.0. The highest BCUT2D eigenvalue weighted by Crippen LogP contribution is 2.77. The van der Waals surface area contributed by atoms with Crippen LogP contribution in [0, 0.1) is 34.0 Å². The number of carbonyl (C=O) groups is 1. The topological polar surface area (TPSA) is 237 Å². The van der Waals surface area contributed by atoms with Crippen LogP contribution in [0.25, 0.3) is 0 Å². The van der Waals surface area contributed by atoms with Gasteiger partial charge in [0.2, 0.25) is 5.75 Å². The number of nitrogens with two attached hydrogens (primary N) is 1. The van der Waals surface area contributed by atoms with E-state index in [0.717, 1.165) is 43.2 Å². The molecule has 3 aliphatic carbocycles. The number of aromatic hydroxyl groups is 2. The first kappa shape index (κ1) is 48.2. The average molecular weight is 919 g/mol. The quantitative estimate of drug-likeness (QED) is 0.0655. The Morgan fingerprint density at radius 2 is 1.83 bits per heavy atom. The van der Waals surface area contributed by atoms with Crippen LogP contribution in [-0.2, 0) is 16.0 Å². The number of carboxylic acids is 1. The molecule has 11 N–H and O–H groups in total. The molecule has 3 aliphatic heterocycles. The van der Waals surface area contributed by atoms with Crippen LogP contribution >= 0.6 is 0 Å². The molecule has 3 heterocycles. The monoisotopic (exact) mass is 919 g/mol. The second-order valence-corrected chi connectivity index (χ2v) is 20.5. The third kappa shape index (κ3) is 9.32. The van der Waals surface area contributed by atoms with Crippen molar-refractivity contribution in [1.29, 1.82) is 0 Å². The Kier molecular flexibility index (Phi) is 14.7. The lowest BCUT2D eigenvalue weighted by molar-refractivity contribution is -0.203. The van der Waals surface area contributed by atoms with E-state index in [-0.39, 0.29) is 84.7 Å². The molecule has 2 spiro atoms. The molecule has 5 fully saturated rings. The van der Waals surface area contributed by atoms with Crippen LogP contribution < -0.4 is 35.9 Å². The Bertz CT molecular complexity index is 2090. The second kappa shape index (κ2) is 20.1. The van der Waals surface area contributed by atoms with Gasteiger partial charge in [-0.3, -0.25) is 10.1 Å². The van der Waals surface area contributed by atoms with Crippen molar-refractivity contribution in [3.8, 4) is 28.7 Å². The fourth-order valence-corrected chi connectivity index (χ4v) is 14.2. The van der Waals surface area contributed by atoms with E-state index in [9.17, 15) is 35.4 Å². The molecule has 3 saturated carbocycles. The van der Waals surface area contributed by atoms with Crippen molar-refractivity contribution in [2.45, 2.75) is 140 Å². The van der Waals surface area contributed by atoms with E-state index in [0.29, 0.717) is 55.4 Å². The van der Waals surface area contributed by atoms with Gasteiger partial charge in [0, 0.05) is 43.1 Å². The van der Waals surface area contributed by atoms with Crippen molar-refractivity contribution in [3.05, 3.63) is 65.0 Å². The molecule has 2 saturated heterocycles. The molecule has 6 aliphatic rings. The van der Waals surface area contributed by atoms with E-state index in [2.05, 4.69) is 29.0 Å². The number of methoxy groups -OCH3 is 1. The van der Waals surface area contributed by atoms with Gasteiger partial charge in [0.05, 0.1) is 43.8 Å². The lowest BCUT2D eigenvalue weighted by atomic mass is 9.36. The fourth-order valence-electron chi connectivity index (χ4n) is 14.2. The first-order valence-corrected chi connectivity index (χ1v) is 24.4. The zero-order chi connectivity index (χ0) is 46.8. The van der Waals surface area contributed by atoms with Crippen LogP contribution in [0.15, 0.2) is 53.9 Å². The summed E-state index contributed by atoms with van der Waals surface area (Å²) >= 11 is 0. The third-order valence-electron chi connectivity index (χ3n) is 16.6. The number of aliphatic carboxylic acids is 1. The lowest BCUT2D eigenvalue weighted by Gasteiger charge is -2.70. The van der Waals surface area contributed by atoms with Crippen LogP contribution in [0.2, 0.25) is 0 Å². The number of benzene rings is 2. The minimum absolute atomic E-state index is 0.00116. The largest absolute Gasteiger partial charge is 0.504 e. The molecule has 11 atom stereocenters. The summed E-state index contributed by atoms with van der Waals surface area (Å²) in [6.07, 6.45) is 13.2. The van der Waals surface area contributed by atoms with Gasteiger partial charge in [-0.15, -0.1) is 0 Å². The van der Waals surface area contributed by atoms with Crippen LogP contribution in [0.4, 0.5) is 0 Å². The SMILES string of the molecule is COc1cc(C2OC(CCc3ccc(O)c(OCNCC(C)O)c3)CC(O)C2CCO)cc(OCC2NC(C)CC34CCCC3C3(CCCC3)CC(C3=CCNC(N)=C3)C24CC(=O)O)c1O. The molecule has 15 heteroatoms. The molecule has 11 unspecified atom stereocenters. The number of carboxylic acid groups (broad SMARTS) is 1. The van der Waals surface area contributed by atoms with Crippen LogP contribution in [0.1, 0.15) is 115 Å². The van der Waals surface area contributed by atoms with Gasteiger partial charge in [0.25, 0.3) is 0 Å². The number of ether oxygens (including phenoxy) is 4. The molecule has 0 radical (unpaired) electrons. The van der Waals surface area contributed by atoms with Gasteiger partial charge in [-0.1, -0.05) is 31.4 Å². The maximum absolute atomic E-state index is 13.5. The number of allylic oxidation sites excluding steroid dienone is 2. The van der Waals surface area contributed by atoms with Gasteiger partial charge in [-0.25, -0.2) is 0 Å². The molecule has 2 aromatic carbocycles. The predicted molar refractivity (Wildman–Crippen MR) is 248 cm³/mol. The van der Waals surface area contributed by atoms with E-state index < -0.39 is 41.7 Å². The van der Waals surface area contributed by atoms with Crippen LogP contribution in [0.3, 0.4) is 0 Å². The van der Waals surface area contributed by atoms with E-state index >= 15 is 0 Å². The summed E-state index contributed by atoms with van der Waals surface area (Å²) in [5, 5.41) is 74.7. The number of fused-ring (bicyclic) bond motifs is 1. The molecule has 364 valence electrons. The number of rotatable bonds is 18. The maximum Gasteiger partial charge on any atom is 0.304 e. The number of hydrogen-bond donors (Lipinski definition) is 10. The normalized spacial score (nSPS) is 32.9. The number of hydrogen-bond acceptors (Lipinski definition) is 14. The molecule has 0 aromatic heterocycles. The Morgan fingerprint density at radius 1 is 1.05 bits per heavy atom. The number of nitrogens with one attached hydrogen (secondary N) is 3. The van der Waals surface area contributed by atoms with E-state index in [1.807, 2.05) is 12.1 Å². The summed E-state index contributed by atoms with van der Waals surface area (Å²) in [6.45, 7) is 4.85. The number of phenolic OH excluding ortho intramolecular Hbond substituents is 2. The van der Waals surface area contributed by atoms with E-state index in [1.54, 1.807) is 31.2 Å². The number of aliphatic hydroxyl groups excluding tert-OH is 3. The van der Waals surface area contributed by atoms with Gasteiger partial charge >= 0.3 is 5.97 Å². The minimum atomic E-state index is -0.829. The molecule has 0 amide bonds. The Hall–Kier alpha value is -4.25. The maximum atomic E-state index is 13.5. The molecule has 8 rings (SSSR count). The van der Waals surface area contributed by atoms with Gasteiger partial charge in [-0.05, 0) is 148 Å². The fraction of sp³-hybridized carbons (Fsp3) is 0.667. The van der Waals surface area contributed by atoms with Gasteiger partial charge < -0.3 is 66.0 Å². The lowest BCUT2D eigenvalue weighted by Crippen LogP contribution is -2.73. The number of aryl methyl sites for hydroxylation is 1. The first-order valence-electron chi connectivity index (χ1n) is 24.4. The Balaban J connectivity index is 1.09. The number of phenols is 2. The number of aliphatic hydroxyl groups is 3. The van der Waals surface area contributed by atoms with Crippen molar-refractivity contribution in [2.75, 3.05) is 40.1 Å². The van der Waals surface area contributed by atoms with Crippen molar-refractivity contribution < 1.29 is 54.4 Å². The highest BCUT2D eigenvalue weighted by Gasteiger charge is 2.73. The summed E-state index contributed by atoms with van der Waals surface area (Å²) in [6, 6.07) is 8.32. The minimum Gasteiger partial charge on any atom is -0.504 e. The van der Waals surface area contributed by atoms with Crippen molar-refractivity contribution in [1.82, 2.24) is 16.0 Å². The molecule has 2 aromatic rings. The van der Waals surface area contributed by atoms with E-state index in [1.165, 1.54) is 32.8 Å². The highest BCUT2D eigenvalue weighted by molar-refractivity contribution is 5.69. The molecule has 15 nitrogen and oxygen atoms in total. The Labute approximate surface area is 389 Å². The second-order valence-electron chi connectivity index (χ2n) is 20.5. The van der Waals surface area contributed by atoms with Crippen LogP contribution in [-0.4, -0.2) is 107 Å². The summed E-state index contributed by atoms with van der Waals surface area (Å²) in [4.78, 5) is 13.5. The van der Waals surface area contributed by atoms with Crippen molar-refractivity contribution in [2.24, 2.45) is 39.7 Å². The van der Waals surface area contributed by atoms with Gasteiger partial charge in [0.1, 0.15) is 13.3 Å². The van der Waals surface area contributed by atoms with E-state index in [4.69, 9.17) is 24.7 Å². The summed E-state index contributed by atoms with van der Waals surface area (Å²) < 4.78 is 25.1. The molecule has 0 bridgehead atoms. The van der Waals surface area contributed by atoms with Crippen molar-refractivity contribution in [3.63, 3.8) is 0 Å². The molecular formula is C51H74N4O11. The van der Waals surface area contributed by atoms with Gasteiger partial charge in [-0.2, -0.15) is 0 Å². The van der Waals surface area contributed by atoms with Crippen molar-refractivity contribution >= 4 is 5.97 Å². The highest BCUT2D eigenvalue weighted by atomic mass is 16.5. The predicted octanol–water partition coefficient (Wildman–Crippen LogP) is 5.52. The zero-order valence-corrected chi connectivity index (χ0v) is 39.0. The number of piperidine rings is 1. The average Bonchev–Trinajstić information content (AvgIpc) is 3.94. The Morgan fingerprint density at radius 3 is 2.56 bits per heavy atom. The molecular weight excluding hydrogens is 845 g/mol. The summed E-state index contributed by atoms with van der Waals surface area (Å²) in [7, 11) is 1.47. The van der Waals surface area contributed by atoms with Crippen LogP contribution in [0.5, 0.6) is 28.7 Å². The summed E-state index contributed by atoms with van der Waals surface area (Å²) in [5.41, 5.74) is 8.27. The third-order valence-corrected chi connectivity index (χ3v) is 16.6. The standard InChI is InChI=1S/C51H74N4O11/c1-30-24-50-16-6-7-43(50)49(14-4-5-15-49)25-37(33-12-17-54-45(52)22-33)51(50,26-46(60)61)44(55-30)28-64-42-21-34(20-41(63-3)47(42)62)48-36(13-18-56)39(59)23-35(66-48)10-8-32-9-11-38(58)40(19-32)65-29-53-27-31(2)57/h9,11-12,19-22,30-31,35-37,39,43-44,48,53-59,62H,4-8,10,13-18,23-29,52H2,1-3H3,(H,60,61). The summed E-state index contributed by atoms with van der Waals surface area (Å²) in [5.74, 6) is 0.0577.